The summed E-state index contributed by atoms with van der Waals surface area (Å²) >= 11 is 0. The molecule has 21 heavy (non-hydrogen) atoms. The lowest BCUT2D eigenvalue weighted by Crippen LogP contribution is -2.50. The Bertz CT molecular complexity index is 512. The number of carbonyl (C=O) groups excluding carboxylic acids is 1. The van der Waals surface area contributed by atoms with Gasteiger partial charge < -0.3 is 0 Å². The van der Waals surface area contributed by atoms with Gasteiger partial charge in [-0.1, -0.05) is 79.5 Å². The smallest absolute Gasteiger partial charge is 0.155 e. The summed E-state index contributed by atoms with van der Waals surface area (Å²) in [6.07, 6.45) is 8.65. The van der Waals surface area contributed by atoms with Gasteiger partial charge in [0.2, 0.25) is 0 Å². The van der Waals surface area contributed by atoms with E-state index in [1.807, 2.05) is 6.08 Å². The molecule has 0 radical (unpaired) electrons. The number of benzene rings is 1. The van der Waals surface area contributed by atoms with Gasteiger partial charge in [-0.15, -0.1) is 0 Å². The van der Waals surface area contributed by atoms with Crippen LogP contribution in [0.2, 0.25) is 18.1 Å². The van der Waals surface area contributed by atoms with Gasteiger partial charge in [-0.25, -0.2) is 0 Å². The molecule has 1 saturated heterocycles. The fraction of sp³-hybridized carbons (Fsp3) is 0.526. The van der Waals surface area contributed by atoms with Crippen LogP contribution in [0.5, 0.6) is 0 Å². The molecule has 0 spiro atoms. The zero-order valence-corrected chi connectivity index (χ0v) is 14.1. The number of rotatable bonds is 3. The van der Waals surface area contributed by atoms with E-state index in [0.29, 0.717) is 11.7 Å². The number of carbonyl (C=O) groups is 1. The van der Waals surface area contributed by atoms with Crippen molar-refractivity contribution in [3.63, 3.8) is 0 Å². The first-order valence-corrected chi connectivity index (χ1v) is 11.1. The molecule has 0 amide bonds. The highest BCUT2D eigenvalue weighted by atomic mass is 28.3. The summed E-state index contributed by atoms with van der Waals surface area (Å²) in [5, 5.41) is 1.67. The molecule has 1 atom stereocenters. The Hall–Kier alpha value is -1.15. The molecule has 1 aromatic carbocycles. The van der Waals surface area contributed by atoms with E-state index >= 15 is 0 Å². The third kappa shape index (κ3) is 3.05. The van der Waals surface area contributed by atoms with E-state index in [4.69, 9.17) is 0 Å². The molecule has 2 heteroatoms. The summed E-state index contributed by atoms with van der Waals surface area (Å²) in [4.78, 5) is 11.3. The van der Waals surface area contributed by atoms with Crippen molar-refractivity contribution in [2.75, 3.05) is 0 Å². The van der Waals surface area contributed by atoms with Crippen LogP contribution in [0.1, 0.15) is 32.6 Å². The summed E-state index contributed by atoms with van der Waals surface area (Å²) in [6.45, 7) is 2.40. The molecule has 1 aliphatic heterocycles. The second kappa shape index (κ2) is 6.31. The van der Waals surface area contributed by atoms with Crippen molar-refractivity contribution in [1.82, 2.24) is 0 Å². The van der Waals surface area contributed by atoms with Crippen molar-refractivity contribution in [1.29, 1.82) is 0 Å². The zero-order chi connectivity index (χ0) is 14.7. The van der Waals surface area contributed by atoms with Crippen LogP contribution in [0, 0.1) is 11.8 Å². The largest absolute Gasteiger partial charge is 0.295 e. The summed E-state index contributed by atoms with van der Waals surface area (Å²) < 4.78 is 0. The van der Waals surface area contributed by atoms with Crippen LogP contribution in [-0.4, -0.2) is 13.9 Å². The molecule has 0 saturated carbocycles. The summed E-state index contributed by atoms with van der Waals surface area (Å²) in [6, 6.07) is 15.6. The van der Waals surface area contributed by atoms with Crippen molar-refractivity contribution in [3.8, 4) is 0 Å². The molecular weight excluding hydrogens is 272 g/mol. The van der Waals surface area contributed by atoms with Gasteiger partial charge in [-0.3, -0.25) is 4.79 Å². The van der Waals surface area contributed by atoms with Crippen molar-refractivity contribution in [2.24, 2.45) is 11.8 Å². The highest BCUT2D eigenvalue weighted by molar-refractivity contribution is 6.92. The standard InChI is InChI=1S/C19H26OSi/c1-2-21(19-6-4-3-5-7-19)14-12-17(13-15-21)16-8-10-18(20)11-9-16/h3-8,10,16-17H,2,9,11-15H2,1H3. The predicted molar refractivity (Wildman–Crippen MR) is 91.5 cm³/mol. The third-order valence-corrected chi connectivity index (χ3v) is 11.3. The first-order chi connectivity index (χ1) is 10.2. The van der Waals surface area contributed by atoms with Crippen LogP contribution in [0.4, 0.5) is 0 Å². The minimum Gasteiger partial charge on any atom is -0.295 e. The van der Waals surface area contributed by atoms with Gasteiger partial charge in [-0.05, 0) is 24.3 Å². The van der Waals surface area contributed by atoms with Crippen molar-refractivity contribution in [2.45, 2.75) is 50.7 Å². The van der Waals surface area contributed by atoms with Crippen molar-refractivity contribution < 1.29 is 4.79 Å². The number of ketones is 1. The highest BCUT2D eigenvalue weighted by Gasteiger charge is 2.39. The molecule has 0 N–H and O–H groups in total. The van der Waals surface area contributed by atoms with E-state index in [0.717, 1.165) is 18.8 Å². The monoisotopic (exact) mass is 298 g/mol. The van der Waals surface area contributed by atoms with Gasteiger partial charge in [0.25, 0.3) is 0 Å². The molecule has 3 rings (SSSR count). The Morgan fingerprint density at radius 1 is 1.10 bits per heavy atom. The van der Waals surface area contributed by atoms with E-state index in [1.54, 1.807) is 5.19 Å². The number of hydrogen-bond acceptors (Lipinski definition) is 1. The summed E-state index contributed by atoms with van der Waals surface area (Å²) in [5.74, 6) is 1.82. The SMILES string of the molecule is CC[Si]1(c2ccccc2)CCC(C2C=CC(=O)CC2)CC1. The van der Waals surface area contributed by atoms with Gasteiger partial charge >= 0.3 is 0 Å². The zero-order valence-electron chi connectivity index (χ0n) is 13.1. The fourth-order valence-electron chi connectivity index (χ4n) is 4.37. The van der Waals surface area contributed by atoms with Crippen LogP contribution in [-0.2, 0) is 4.79 Å². The van der Waals surface area contributed by atoms with E-state index in [2.05, 4.69) is 43.3 Å². The van der Waals surface area contributed by atoms with Crippen LogP contribution >= 0.6 is 0 Å². The average Bonchev–Trinajstić information content (AvgIpc) is 2.56. The Balaban J connectivity index is 1.69. The highest BCUT2D eigenvalue weighted by Crippen LogP contribution is 2.40. The van der Waals surface area contributed by atoms with E-state index < -0.39 is 8.07 Å². The Labute approximate surface area is 129 Å². The van der Waals surface area contributed by atoms with Gasteiger partial charge in [0.05, 0.1) is 8.07 Å². The number of allylic oxidation sites excluding steroid dienone is 2. The number of hydrogen-bond donors (Lipinski definition) is 0. The van der Waals surface area contributed by atoms with Crippen molar-refractivity contribution >= 4 is 19.0 Å². The molecule has 112 valence electrons. The van der Waals surface area contributed by atoms with E-state index in [9.17, 15) is 4.79 Å². The first kappa shape index (κ1) is 14.8. The van der Waals surface area contributed by atoms with Gasteiger partial charge in [0.1, 0.15) is 0 Å². The molecule has 1 aliphatic carbocycles. The average molecular weight is 299 g/mol. The predicted octanol–water partition coefficient (Wildman–Crippen LogP) is 4.31. The topological polar surface area (TPSA) is 17.1 Å². The Kier molecular flexibility index (Phi) is 4.44. The van der Waals surface area contributed by atoms with Crippen LogP contribution < -0.4 is 5.19 Å². The molecule has 0 bridgehead atoms. The molecule has 1 heterocycles. The van der Waals surface area contributed by atoms with Crippen LogP contribution in [0.3, 0.4) is 0 Å². The van der Waals surface area contributed by atoms with Gasteiger partial charge in [0, 0.05) is 6.42 Å². The molecule has 1 fully saturated rings. The normalized spacial score (nSPS) is 33.1. The lowest BCUT2D eigenvalue weighted by atomic mass is 9.81. The van der Waals surface area contributed by atoms with E-state index in [1.165, 1.54) is 31.0 Å². The lowest BCUT2D eigenvalue weighted by molar-refractivity contribution is -0.115. The lowest BCUT2D eigenvalue weighted by Gasteiger charge is -2.41. The Morgan fingerprint density at radius 3 is 2.38 bits per heavy atom. The summed E-state index contributed by atoms with van der Waals surface area (Å²) in [7, 11) is -1.24. The third-order valence-electron chi connectivity index (χ3n) is 5.91. The quantitative estimate of drug-likeness (QED) is 0.760. The second-order valence-corrected chi connectivity index (χ2v) is 11.7. The minimum absolute atomic E-state index is 0.323. The van der Waals surface area contributed by atoms with Crippen molar-refractivity contribution in [3.05, 3.63) is 42.5 Å². The molecule has 1 unspecified atom stereocenters. The molecule has 0 aromatic heterocycles. The first-order valence-electron chi connectivity index (χ1n) is 8.50. The van der Waals surface area contributed by atoms with E-state index in [-0.39, 0.29) is 0 Å². The maximum Gasteiger partial charge on any atom is 0.155 e. The van der Waals surface area contributed by atoms with Crippen LogP contribution in [0.25, 0.3) is 0 Å². The van der Waals surface area contributed by atoms with Gasteiger partial charge in [-0.2, -0.15) is 0 Å². The molecule has 2 aliphatic rings. The molecule has 1 nitrogen and oxygen atoms in total. The second-order valence-electron chi connectivity index (χ2n) is 6.87. The molecular formula is C19H26OSi. The maximum atomic E-state index is 11.3. The van der Waals surface area contributed by atoms with Crippen LogP contribution in [0.15, 0.2) is 42.5 Å². The Morgan fingerprint density at radius 2 is 1.81 bits per heavy atom. The fourth-order valence-corrected chi connectivity index (χ4v) is 9.06. The van der Waals surface area contributed by atoms with Gasteiger partial charge in [0.15, 0.2) is 5.78 Å². The minimum atomic E-state index is -1.24. The maximum absolute atomic E-state index is 11.3. The summed E-state index contributed by atoms with van der Waals surface area (Å²) in [5.41, 5.74) is 0. The molecule has 1 aromatic rings.